The molecule has 1 aromatic rings. The van der Waals surface area contributed by atoms with Crippen molar-refractivity contribution in [2.24, 2.45) is 0 Å². The zero-order chi connectivity index (χ0) is 15.8. The lowest BCUT2D eigenvalue weighted by atomic mass is 10.1. The number of ether oxygens (including phenoxy) is 1. The minimum Gasteiger partial charge on any atom is -0.462 e. The summed E-state index contributed by atoms with van der Waals surface area (Å²) in [5.74, 6) is -0.669. The molecule has 1 rings (SSSR count). The summed E-state index contributed by atoms with van der Waals surface area (Å²) in [6.45, 7) is 1.78. The van der Waals surface area contributed by atoms with Gasteiger partial charge in [0.1, 0.15) is 23.4 Å². The molecular weight excluding hydrogens is 276 g/mol. The van der Waals surface area contributed by atoms with E-state index in [1.165, 1.54) is 12.1 Å². The van der Waals surface area contributed by atoms with Crippen LogP contribution in [0.4, 0.5) is 11.4 Å². The van der Waals surface area contributed by atoms with Crippen molar-refractivity contribution >= 4 is 17.3 Å². The summed E-state index contributed by atoms with van der Waals surface area (Å²) in [5.41, 5.74) is -0.513. The molecule has 1 aromatic carbocycles. The van der Waals surface area contributed by atoms with Gasteiger partial charge in [0.25, 0.3) is 5.69 Å². The van der Waals surface area contributed by atoms with Gasteiger partial charge in [-0.3, -0.25) is 10.1 Å². The van der Waals surface area contributed by atoms with Gasteiger partial charge in [0, 0.05) is 12.3 Å². The third-order valence-corrected chi connectivity index (χ3v) is 2.32. The lowest BCUT2D eigenvalue weighted by Gasteiger charge is -2.05. The number of esters is 1. The maximum absolute atomic E-state index is 11.5. The molecule has 0 bridgehead atoms. The van der Waals surface area contributed by atoms with Gasteiger partial charge in [0.15, 0.2) is 0 Å². The topological polar surface area (TPSA) is 129 Å². The van der Waals surface area contributed by atoms with Crippen LogP contribution in [0.3, 0.4) is 0 Å². The van der Waals surface area contributed by atoms with Gasteiger partial charge in [-0.15, -0.1) is 0 Å². The fraction of sp³-hybridized carbons (Fsp3) is 0.154. The number of carbonyl (C=O) groups is 1. The normalized spacial score (nSPS) is 8.90. The molecule has 8 nitrogen and oxygen atoms in total. The molecule has 0 atom stereocenters. The third-order valence-electron chi connectivity index (χ3n) is 2.32. The molecule has 0 unspecified atom stereocenters. The van der Waals surface area contributed by atoms with Crippen molar-refractivity contribution in [3.05, 3.63) is 45.6 Å². The molecule has 0 aliphatic heterocycles. The molecule has 0 aliphatic rings. The largest absolute Gasteiger partial charge is 0.462 e. The van der Waals surface area contributed by atoms with E-state index >= 15 is 0 Å². The van der Waals surface area contributed by atoms with E-state index in [0.29, 0.717) is 0 Å². The Bertz CT molecular complexity index is 666. The van der Waals surface area contributed by atoms with Gasteiger partial charge >= 0.3 is 5.97 Å². The summed E-state index contributed by atoms with van der Waals surface area (Å²) in [4.78, 5) is 21.8. The van der Waals surface area contributed by atoms with Crippen LogP contribution in [0.15, 0.2) is 30.0 Å². The molecule has 0 radical (unpaired) electrons. The van der Waals surface area contributed by atoms with Gasteiger partial charge in [-0.05, 0) is 19.1 Å². The minimum atomic E-state index is -0.683. The van der Waals surface area contributed by atoms with E-state index in [1.807, 2.05) is 0 Å². The first-order valence-electron chi connectivity index (χ1n) is 5.76. The highest BCUT2D eigenvalue weighted by Crippen LogP contribution is 2.26. The summed E-state index contributed by atoms with van der Waals surface area (Å²) in [6, 6.07) is 6.93. The molecule has 0 heterocycles. The Morgan fingerprint density at radius 1 is 1.48 bits per heavy atom. The summed E-state index contributed by atoms with van der Waals surface area (Å²) < 4.78 is 4.76. The number of carbonyl (C=O) groups excluding carboxylic acids is 1. The number of nitriles is 2. The fourth-order valence-corrected chi connectivity index (χ4v) is 1.39. The first-order chi connectivity index (χ1) is 10.0. The van der Waals surface area contributed by atoms with Gasteiger partial charge < -0.3 is 10.1 Å². The van der Waals surface area contributed by atoms with Crippen molar-refractivity contribution in [2.45, 2.75) is 6.92 Å². The molecule has 0 saturated carbocycles. The van der Waals surface area contributed by atoms with Gasteiger partial charge in [0.2, 0.25) is 0 Å². The van der Waals surface area contributed by atoms with E-state index in [4.69, 9.17) is 15.3 Å². The van der Waals surface area contributed by atoms with E-state index in [-0.39, 0.29) is 29.1 Å². The Hall–Kier alpha value is -3.39. The minimum absolute atomic E-state index is 0.0406. The molecule has 21 heavy (non-hydrogen) atoms. The molecule has 1 N–H and O–H groups in total. The molecule has 0 fully saturated rings. The second kappa shape index (κ2) is 7.26. The fourth-order valence-electron chi connectivity index (χ4n) is 1.39. The van der Waals surface area contributed by atoms with Gasteiger partial charge in [-0.1, -0.05) is 0 Å². The number of anilines is 1. The first kappa shape index (κ1) is 15.7. The summed E-state index contributed by atoms with van der Waals surface area (Å²) in [6.07, 6.45) is 1.05. The Morgan fingerprint density at radius 2 is 2.14 bits per heavy atom. The van der Waals surface area contributed by atoms with Gasteiger partial charge in [-0.25, -0.2) is 4.79 Å². The number of rotatable bonds is 5. The van der Waals surface area contributed by atoms with Crippen LogP contribution in [-0.4, -0.2) is 17.5 Å². The molecule has 106 valence electrons. The van der Waals surface area contributed by atoms with E-state index in [1.54, 1.807) is 19.1 Å². The predicted molar refractivity (Wildman–Crippen MR) is 72.0 cm³/mol. The first-order valence-corrected chi connectivity index (χ1v) is 5.76. The quantitative estimate of drug-likeness (QED) is 0.379. The van der Waals surface area contributed by atoms with E-state index in [9.17, 15) is 14.9 Å². The predicted octanol–water partition coefficient (Wildman–Crippen LogP) is 2.11. The summed E-state index contributed by atoms with van der Waals surface area (Å²) in [5, 5.41) is 30.7. The number of allylic oxidation sites excluding steroid dienone is 1. The number of hydrogen-bond acceptors (Lipinski definition) is 7. The van der Waals surface area contributed by atoms with Crippen molar-refractivity contribution < 1.29 is 14.5 Å². The number of hydrogen-bond donors (Lipinski definition) is 1. The maximum Gasteiger partial charge on any atom is 0.338 e. The lowest BCUT2D eigenvalue weighted by Crippen LogP contribution is -2.06. The molecule has 8 heteroatoms. The molecule has 0 aliphatic carbocycles. The van der Waals surface area contributed by atoms with Crippen LogP contribution in [0.25, 0.3) is 0 Å². The Morgan fingerprint density at radius 3 is 2.67 bits per heavy atom. The van der Waals surface area contributed by atoms with E-state index < -0.39 is 10.9 Å². The Labute approximate surface area is 120 Å². The SMILES string of the molecule is CCOC(=O)c1ccc(NC=C(C#N)C#N)c([N+](=O)[O-])c1. The lowest BCUT2D eigenvalue weighted by molar-refractivity contribution is -0.384. The Balaban J connectivity index is 3.15. The smallest absolute Gasteiger partial charge is 0.338 e. The standard InChI is InChI=1S/C13H10N4O4/c1-2-21-13(18)10-3-4-11(12(5-10)17(19)20)16-8-9(6-14)7-15/h3-5,8,16H,2H2,1H3. The van der Waals surface area contributed by atoms with Crippen LogP contribution in [0.1, 0.15) is 17.3 Å². The highest BCUT2D eigenvalue weighted by Gasteiger charge is 2.17. The van der Waals surface area contributed by atoms with Crippen molar-refractivity contribution in [3.63, 3.8) is 0 Å². The van der Waals surface area contributed by atoms with Crippen LogP contribution in [0, 0.1) is 32.8 Å². The molecule has 0 saturated heterocycles. The molecule has 0 aromatic heterocycles. The Kier molecular flexibility index (Phi) is 5.42. The van der Waals surface area contributed by atoms with Gasteiger partial charge in [0.05, 0.1) is 17.1 Å². The third kappa shape index (κ3) is 4.04. The highest BCUT2D eigenvalue weighted by molar-refractivity contribution is 5.91. The van der Waals surface area contributed by atoms with Crippen molar-refractivity contribution in [2.75, 3.05) is 11.9 Å². The second-order valence-corrected chi connectivity index (χ2v) is 3.64. The average molecular weight is 286 g/mol. The highest BCUT2D eigenvalue weighted by atomic mass is 16.6. The van der Waals surface area contributed by atoms with Crippen LogP contribution in [0.2, 0.25) is 0 Å². The van der Waals surface area contributed by atoms with Crippen LogP contribution < -0.4 is 5.32 Å². The number of nitro groups is 1. The number of nitro benzene ring substituents is 1. The van der Waals surface area contributed by atoms with Gasteiger partial charge in [-0.2, -0.15) is 10.5 Å². The van der Waals surface area contributed by atoms with Crippen LogP contribution >= 0.6 is 0 Å². The number of benzene rings is 1. The molecule has 0 amide bonds. The van der Waals surface area contributed by atoms with Crippen LogP contribution in [0.5, 0.6) is 0 Å². The summed E-state index contributed by atoms with van der Waals surface area (Å²) >= 11 is 0. The van der Waals surface area contributed by atoms with Crippen molar-refractivity contribution in [1.82, 2.24) is 0 Å². The molecular formula is C13H10N4O4. The van der Waals surface area contributed by atoms with Crippen LogP contribution in [-0.2, 0) is 4.74 Å². The van der Waals surface area contributed by atoms with Crippen molar-refractivity contribution in [1.29, 1.82) is 10.5 Å². The zero-order valence-electron chi connectivity index (χ0n) is 11.0. The zero-order valence-corrected chi connectivity index (χ0v) is 11.0. The van der Waals surface area contributed by atoms with Crippen molar-refractivity contribution in [3.8, 4) is 12.1 Å². The maximum atomic E-state index is 11.5. The van der Waals surface area contributed by atoms with E-state index in [2.05, 4.69) is 5.32 Å². The van der Waals surface area contributed by atoms with E-state index in [0.717, 1.165) is 12.3 Å². The monoisotopic (exact) mass is 286 g/mol. The number of nitrogens with zero attached hydrogens (tertiary/aromatic N) is 3. The number of nitrogens with one attached hydrogen (secondary N) is 1. The average Bonchev–Trinajstić information content (AvgIpc) is 2.48. The summed E-state index contributed by atoms with van der Waals surface area (Å²) in [7, 11) is 0. The second-order valence-electron chi connectivity index (χ2n) is 3.64. The molecule has 0 spiro atoms.